The van der Waals surface area contributed by atoms with E-state index in [1.807, 2.05) is 0 Å². The Bertz CT molecular complexity index is 816. The molecule has 0 saturated heterocycles. The number of rotatable bonds is 5. The summed E-state index contributed by atoms with van der Waals surface area (Å²) in [6.45, 7) is 1.77. The van der Waals surface area contributed by atoms with Crippen LogP contribution in [0.25, 0.3) is 0 Å². The number of hydrogen-bond donors (Lipinski definition) is 1. The Hall–Kier alpha value is -2.31. The molecule has 2 rings (SSSR count). The first-order valence-electron chi connectivity index (χ1n) is 7.03. The van der Waals surface area contributed by atoms with Crippen LogP contribution in [0, 0.1) is 0 Å². The van der Waals surface area contributed by atoms with Crippen molar-refractivity contribution in [3.8, 4) is 0 Å². The molecule has 0 aliphatic rings. The normalized spacial score (nSPS) is 10.3. The minimum Gasteiger partial charge on any atom is -0.462 e. The Labute approximate surface area is 147 Å². The van der Waals surface area contributed by atoms with E-state index in [2.05, 4.69) is 5.32 Å². The zero-order valence-corrected chi connectivity index (χ0v) is 14.2. The molecule has 0 saturated carbocycles. The van der Waals surface area contributed by atoms with Crippen LogP contribution in [0.15, 0.2) is 41.3 Å². The van der Waals surface area contributed by atoms with Crippen LogP contribution < -0.4 is 10.9 Å². The Balaban J connectivity index is 2.05. The van der Waals surface area contributed by atoms with E-state index in [-0.39, 0.29) is 23.2 Å². The lowest BCUT2D eigenvalue weighted by molar-refractivity contribution is -0.116. The second kappa shape index (κ2) is 7.99. The smallest absolute Gasteiger partial charge is 0.338 e. The number of halogens is 2. The van der Waals surface area contributed by atoms with Gasteiger partial charge in [0.25, 0.3) is 5.56 Å². The van der Waals surface area contributed by atoms with Crippen molar-refractivity contribution in [2.45, 2.75) is 13.5 Å². The Kier molecular flexibility index (Phi) is 6.00. The number of carbonyl (C=O) groups excluding carboxylic acids is 2. The molecule has 0 unspecified atom stereocenters. The molecule has 1 heterocycles. The number of benzene rings is 1. The molecule has 0 spiro atoms. The number of nitrogens with one attached hydrogen (secondary N) is 1. The third-order valence-corrected chi connectivity index (χ3v) is 3.48. The maximum atomic E-state index is 12.0. The molecule has 2 aromatic rings. The van der Waals surface area contributed by atoms with Crippen molar-refractivity contribution >= 4 is 40.8 Å². The molecule has 1 N–H and O–H groups in total. The molecule has 0 radical (unpaired) electrons. The highest BCUT2D eigenvalue weighted by Crippen LogP contribution is 2.13. The molecular weight excluding hydrogens is 355 g/mol. The highest BCUT2D eigenvalue weighted by atomic mass is 35.5. The first-order chi connectivity index (χ1) is 11.4. The van der Waals surface area contributed by atoms with Crippen molar-refractivity contribution in [2.24, 2.45) is 0 Å². The molecule has 0 atom stereocenters. The first kappa shape index (κ1) is 18.0. The topological polar surface area (TPSA) is 77.4 Å². The van der Waals surface area contributed by atoms with E-state index in [4.69, 9.17) is 27.9 Å². The number of ether oxygens (including phenoxy) is 1. The van der Waals surface area contributed by atoms with Gasteiger partial charge >= 0.3 is 5.97 Å². The van der Waals surface area contributed by atoms with Gasteiger partial charge in [-0.25, -0.2) is 4.79 Å². The zero-order valence-electron chi connectivity index (χ0n) is 12.7. The minimum atomic E-state index is -0.506. The van der Waals surface area contributed by atoms with Crippen molar-refractivity contribution in [2.75, 3.05) is 11.9 Å². The van der Waals surface area contributed by atoms with E-state index >= 15 is 0 Å². The monoisotopic (exact) mass is 368 g/mol. The maximum absolute atomic E-state index is 12.0. The Morgan fingerprint density at radius 3 is 2.50 bits per heavy atom. The summed E-state index contributed by atoms with van der Waals surface area (Å²) in [6, 6.07) is 7.52. The fourth-order valence-corrected chi connectivity index (χ4v) is 2.45. The van der Waals surface area contributed by atoms with Gasteiger partial charge in [-0.05, 0) is 37.3 Å². The number of nitrogens with zero attached hydrogens (tertiary/aromatic N) is 1. The van der Waals surface area contributed by atoms with Gasteiger partial charge in [0.1, 0.15) is 11.6 Å². The lowest BCUT2D eigenvalue weighted by Gasteiger charge is -2.09. The van der Waals surface area contributed by atoms with Crippen molar-refractivity contribution in [1.82, 2.24) is 4.57 Å². The number of pyridine rings is 1. The molecular formula is C16H14Cl2N2O4. The number of carbonyl (C=O) groups is 2. The Morgan fingerprint density at radius 1 is 1.21 bits per heavy atom. The van der Waals surface area contributed by atoms with Crippen LogP contribution in [0.2, 0.25) is 10.0 Å². The van der Waals surface area contributed by atoms with Crippen molar-refractivity contribution in [3.63, 3.8) is 0 Å². The average Bonchev–Trinajstić information content (AvgIpc) is 2.53. The van der Waals surface area contributed by atoms with E-state index in [1.165, 1.54) is 24.4 Å². The molecule has 0 fully saturated rings. The molecule has 24 heavy (non-hydrogen) atoms. The highest BCUT2D eigenvalue weighted by Gasteiger charge is 2.10. The first-order valence-corrected chi connectivity index (χ1v) is 7.79. The molecule has 1 amide bonds. The summed E-state index contributed by atoms with van der Waals surface area (Å²) in [5, 5.41) is 2.81. The highest BCUT2D eigenvalue weighted by molar-refractivity contribution is 6.34. The number of aromatic nitrogens is 1. The molecule has 8 heteroatoms. The largest absolute Gasteiger partial charge is 0.462 e. The third kappa shape index (κ3) is 4.59. The Morgan fingerprint density at radius 2 is 1.88 bits per heavy atom. The van der Waals surface area contributed by atoms with Gasteiger partial charge in [0.2, 0.25) is 5.91 Å². The van der Waals surface area contributed by atoms with Gasteiger partial charge < -0.3 is 14.6 Å². The average molecular weight is 369 g/mol. The fraction of sp³-hybridized carbons (Fsp3) is 0.188. The van der Waals surface area contributed by atoms with Crippen molar-refractivity contribution in [3.05, 3.63) is 62.5 Å². The summed E-state index contributed by atoms with van der Waals surface area (Å²) in [6.07, 6.45) is 1.33. The van der Waals surface area contributed by atoms with E-state index in [9.17, 15) is 14.4 Å². The molecule has 0 aliphatic heterocycles. The van der Waals surface area contributed by atoms with Crippen LogP contribution in [0.1, 0.15) is 17.3 Å². The van der Waals surface area contributed by atoms with Crippen molar-refractivity contribution < 1.29 is 14.3 Å². The zero-order chi connectivity index (χ0) is 17.7. The molecule has 1 aromatic heterocycles. The van der Waals surface area contributed by atoms with E-state index in [0.717, 1.165) is 4.57 Å². The minimum absolute atomic E-state index is 0.0610. The van der Waals surface area contributed by atoms with Gasteiger partial charge in [-0.3, -0.25) is 9.59 Å². The molecule has 0 aliphatic carbocycles. The number of hydrogen-bond acceptors (Lipinski definition) is 4. The van der Waals surface area contributed by atoms with Gasteiger partial charge in [0.05, 0.1) is 17.2 Å². The van der Waals surface area contributed by atoms with E-state index < -0.39 is 17.4 Å². The fourth-order valence-electron chi connectivity index (χ4n) is 1.94. The summed E-state index contributed by atoms with van der Waals surface area (Å²) in [7, 11) is 0. The van der Waals surface area contributed by atoms with Gasteiger partial charge in [-0.1, -0.05) is 23.2 Å². The van der Waals surface area contributed by atoms with Crippen LogP contribution in [0.4, 0.5) is 5.69 Å². The summed E-state index contributed by atoms with van der Waals surface area (Å²) < 4.78 is 5.99. The second-order valence-corrected chi connectivity index (χ2v) is 5.63. The molecule has 126 valence electrons. The van der Waals surface area contributed by atoms with Crippen LogP contribution in [0.3, 0.4) is 0 Å². The van der Waals surface area contributed by atoms with Crippen LogP contribution in [-0.2, 0) is 16.1 Å². The summed E-state index contributed by atoms with van der Waals surface area (Å²) in [5.74, 6) is -0.866. The lowest BCUT2D eigenvalue weighted by Crippen LogP contribution is -2.27. The van der Waals surface area contributed by atoms with Gasteiger partial charge in [-0.15, -0.1) is 0 Å². The predicted octanol–water partition coefficient (Wildman–Crippen LogP) is 2.97. The standard InChI is InChI=1S/C16H14Cl2N2O4/c1-2-24-16(23)10-3-5-12(6-4-10)19-14(21)9-20-8-11(17)7-13(18)15(20)22/h3-8H,2,9H2,1H3,(H,19,21). The van der Waals surface area contributed by atoms with Gasteiger partial charge in [-0.2, -0.15) is 0 Å². The summed E-state index contributed by atoms with van der Waals surface area (Å²) >= 11 is 11.6. The van der Waals surface area contributed by atoms with Gasteiger partial charge in [0.15, 0.2) is 0 Å². The van der Waals surface area contributed by atoms with E-state index in [0.29, 0.717) is 11.3 Å². The SMILES string of the molecule is CCOC(=O)c1ccc(NC(=O)Cn2cc(Cl)cc(Cl)c2=O)cc1. The summed E-state index contributed by atoms with van der Waals surface area (Å²) in [5.41, 5.74) is 0.357. The quantitative estimate of drug-likeness (QED) is 0.822. The number of esters is 1. The number of amides is 1. The molecule has 6 nitrogen and oxygen atoms in total. The second-order valence-electron chi connectivity index (χ2n) is 4.79. The lowest BCUT2D eigenvalue weighted by atomic mass is 10.2. The van der Waals surface area contributed by atoms with Crippen molar-refractivity contribution in [1.29, 1.82) is 0 Å². The van der Waals surface area contributed by atoms with Crippen LogP contribution >= 0.6 is 23.2 Å². The molecule has 0 bridgehead atoms. The maximum Gasteiger partial charge on any atom is 0.338 e. The van der Waals surface area contributed by atoms with Gasteiger partial charge in [0, 0.05) is 11.9 Å². The predicted molar refractivity (Wildman–Crippen MR) is 91.8 cm³/mol. The summed E-state index contributed by atoms with van der Waals surface area (Å²) in [4.78, 5) is 35.4. The van der Waals surface area contributed by atoms with E-state index in [1.54, 1.807) is 19.1 Å². The van der Waals surface area contributed by atoms with Crippen LogP contribution in [0.5, 0.6) is 0 Å². The number of anilines is 1. The third-order valence-electron chi connectivity index (χ3n) is 3.00. The van der Waals surface area contributed by atoms with Crippen LogP contribution in [-0.4, -0.2) is 23.1 Å². The molecule has 1 aromatic carbocycles.